The lowest BCUT2D eigenvalue weighted by Gasteiger charge is -2.21. The van der Waals surface area contributed by atoms with Crippen molar-refractivity contribution in [2.45, 2.75) is 45.4 Å². The zero-order valence-corrected chi connectivity index (χ0v) is 19.5. The van der Waals surface area contributed by atoms with E-state index in [4.69, 9.17) is 0 Å². The number of anilines is 1. The van der Waals surface area contributed by atoms with E-state index in [1.807, 2.05) is 37.3 Å². The van der Waals surface area contributed by atoms with Gasteiger partial charge in [0, 0.05) is 24.6 Å². The van der Waals surface area contributed by atoms with Gasteiger partial charge in [-0.05, 0) is 43.5 Å². The Balaban J connectivity index is 1.48. The standard InChI is InChI=1S/C27H31FN4O2/c1-2-31(27(34)17-12-20-8-6-7-9-20)19-26(33)29-25-18-24(21-10-4-3-5-11-21)30-32(25)23-15-13-22(28)14-16-23/h3-5,10-11,13-16,18,20H,2,6-9,12,17,19H2,1H3,(H,29,33). The summed E-state index contributed by atoms with van der Waals surface area (Å²) in [7, 11) is 0. The van der Waals surface area contributed by atoms with Crippen molar-refractivity contribution in [1.82, 2.24) is 14.7 Å². The minimum atomic E-state index is -0.348. The largest absolute Gasteiger partial charge is 0.334 e. The highest BCUT2D eigenvalue weighted by Gasteiger charge is 2.21. The highest BCUT2D eigenvalue weighted by atomic mass is 19.1. The summed E-state index contributed by atoms with van der Waals surface area (Å²) in [6, 6.07) is 17.3. The molecule has 0 aliphatic heterocycles. The molecule has 0 radical (unpaired) electrons. The third-order valence-electron chi connectivity index (χ3n) is 6.43. The molecule has 1 aromatic heterocycles. The first kappa shape index (κ1) is 23.7. The minimum absolute atomic E-state index is 0.0153. The number of amides is 2. The molecular weight excluding hydrogens is 431 g/mol. The number of nitrogens with zero attached hydrogens (tertiary/aromatic N) is 3. The highest BCUT2D eigenvalue weighted by molar-refractivity contribution is 5.94. The summed E-state index contributed by atoms with van der Waals surface area (Å²) in [5, 5.41) is 7.54. The summed E-state index contributed by atoms with van der Waals surface area (Å²) >= 11 is 0. The van der Waals surface area contributed by atoms with Gasteiger partial charge in [-0.25, -0.2) is 9.07 Å². The predicted octanol–water partition coefficient (Wildman–Crippen LogP) is 5.44. The molecule has 3 aromatic rings. The number of hydrogen-bond donors (Lipinski definition) is 1. The number of nitrogens with one attached hydrogen (secondary N) is 1. The summed E-state index contributed by atoms with van der Waals surface area (Å²) < 4.78 is 15.0. The van der Waals surface area contributed by atoms with Crippen molar-refractivity contribution in [3.8, 4) is 16.9 Å². The number of likely N-dealkylation sites (N-methyl/N-ethyl adjacent to an activating group) is 1. The van der Waals surface area contributed by atoms with E-state index in [-0.39, 0.29) is 24.2 Å². The molecule has 6 nitrogen and oxygen atoms in total. The van der Waals surface area contributed by atoms with Crippen LogP contribution in [-0.2, 0) is 9.59 Å². The van der Waals surface area contributed by atoms with E-state index in [0.717, 1.165) is 12.0 Å². The second-order valence-corrected chi connectivity index (χ2v) is 8.81. The maximum Gasteiger partial charge on any atom is 0.245 e. The molecule has 0 spiro atoms. The van der Waals surface area contributed by atoms with Crippen LogP contribution in [0.4, 0.5) is 10.2 Å². The van der Waals surface area contributed by atoms with E-state index in [1.54, 1.807) is 27.8 Å². The van der Waals surface area contributed by atoms with E-state index < -0.39 is 0 Å². The van der Waals surface area contributed by atoms with Crippen molar-refractivity contribution in [2.24, 2.45) is 5.92 Å². The molecule has 0 saturated heterocycles. The Morgan fingerprint density at radius 2 is 1.79 bits per heavy atom. The van der Waals surface area contributed by atoms with Crippen LogP contribution in [0.15, 0.2) is 60.7 Å². The van der Waals surface area contributed by atoms with Gasteiger partial charge in [0.05, 0.1) is 17.9 Å². The third kappa shape index (κ3) is 5.90. The molecule has 1 heterocycles. The molecule has 2 amide bonds. The number of carbonyl (C=O) groups is 2. The van der Waals surface area contributed by atoms with Crippen LogP contribution in [0, 0.1) is 11.7 Å². The summed E-state index contributed by atoms with van der Waals surface area (Å²) in [6.07, 6.45) is 6.30. The normalized spacial score (nSPS) is 13.7. The van der Waals surface area contributed by atoms with Crippen LogP contribution in [0.2, 0.25) is 0 Å². The molecule has 2 aromatic carbocycles. The van der Waals surface area contributed by atoms with Crippen LogP contribution >= 0.6 is 0 Å². The van der Waals surface area contributed by atoms with Gasteiger partial charge in [-0.3, -0.25) is 9.59 Å². The maximum atomic E-state index is 13.5. The topological polar surface area (TPSA) is 67.2 Å². The number of carbonyl (C=O) groups excluding carboxylic acids is 2. The lowest BCUT2D eigenvalue weighted by Crippen LogP contribution is -2.38. The van der Waals surface area contributed by atoms with Gasteiger partial charge in [0.1, 0.15) is 11.6 Å². The molecule has 7 heteroatoms. The zero-order chi connectivity index (χ0) is 23.9. The summed E-state index contributed by atoms with van der Waals surface area (Å²) in [5.74, 6) is 0.475. The van der Waals surface area contributed by atoms with Crippen LogP contribution in [-0.4, -0.2) is 39.6 Å². The molecule has 0 bridgehead atoms. The SMILES string of the molecule is CCN(CC(=O)Nc1cc(-c2ccccc2)nn1-c1ccc(F)cc1)C(=O)CCC1CCCC1. The van der Waals surface area contributed by atoms with E-state index >= 15 is 0 Å². The molecule has 178 valence electrons. The first-order valence-electron chi connectivity index (χ1n) is 12.0. The van der Waals surface area contributed by atoms with E-state index in [9.17, 15) is 14.0 Å². The summed E-state index contributed by atoms with van der Waals surface area (Å²) in [6.45, 7) is 2.34. The van der Waals surface area contributed by atoms with Gasteiger partial charge in [-0.2, -0.15) is 5.10 Å². The van der Waals surface area contributed by atoms with Crippen molar-refractivity contribution < 1.29 is 14.0 Å². The number of halogens is 1. The summed E-state index contributed by atoms with van der Waals surface area (Å²) in [5.41, 5.74) is 2.20. The number of rotatable bonds is 9. The Kier molecular flexibility index (Phi) is 7.72. The fourth-order valence-electron chi connectivity index (χ4n) is 4.52. The molecule has 4 rings (SSSR count). The van der Waals surface area contributed by atoms with Crippen molar-refractivity contribution in [3.05, 3.63) is 66.5 Å². The maximum absolute atomic E-state index is 13.5. The van der Waals surface area contributed by atoms with E-state index in [2.05, 4.69) is 10.4 Å². The van der Waals surface area contributed by atoms with Crippen molar-refractivity contribution in [2.75, 3.05) is 18.4 Å². The second-order valence-electron chi connectivity index (χ2n) is 8.81. The van der Waals surface area contributed by atoms with Crippen LogP contribution in [0.25, 0.3) is 16.9 Å². The first-order chi connectivity index (χ1) is 16.5. The Hall–Kier alpha value is -3.48. The van der Waals surface area contributed by atoms with Gasteiger partial charge < -0.3 is 10.2 Å². The van der Waals surface area contributed by atoms with Crippen LogP contribution in [0.1, 0.15) is 45.4 Å². The molecule has 0 atom stereocenters. The molecule has 1 aliphatic carbocycles. The lowest BCUT2D eigenvalue weighted by atomic mass is 10.0. The van der Waals surface area contributed by atoms with Gasteiger partial charge in [0.15, 0.2) is 0 Å². The van der Waals surface area contributed by atoms with Crippen LogP contribution < -0.4 is 5.32 Å². The Morgan fingerprint density at radius 3 is 2.47 bits per heavy atom. The number of aromatic nitrogens is 2. The Labute approximate surface area is 199 Å². The molecular formula is C27H31FN4O2. The van der Waals surface area contributed by atoms with E-state index in [1.165, 1.54) is 37.8 Å². The monoisotopic (exact) mass is 462 g/mol. The second kappa shape index (κ2) is 11.1. The molecule has 34 heavy (non-hydrogen) atoms. The average molecular weight is 463 g/mol. The van der Waals surface area contributed by atoms with Gasteiger partial charge >= 0.3 is 0 Å². The molecule has 1 saturated carbocycles. The van der Waals surface area contributed by atoms with Crippen LogP contribution in [0.5, 0.6) is 0 Å². The van der Waals surface area contributed by atoms with Gasteiger partial charge in [0.2, 0.25) is 11.8 Å². The zero-order valence-electron chi connectivity index (χ0n) is 19.5. The smallest absolute Gasteiger partial charge is 0.245 e. The van der Waals surface area contributed by atoms with Gasteiger partial charge in [-0.15, -0.1) is 0 Å². The van der Waals surface area contributed by atoms with E-state index in [0.29, 0.717) is 36.1 Å². The van der Waals surface area contributed by atoms with Crippen molar-refractivity contribution in [3.63, 3.8) is 0 Å². The average Bonchev–Trinajstić information content (AvgIpc) is 3.52. The quantitative estimate of drug-likeness (QED) is 0.461. The third-order valence-corrected chi connectivity index (χ3v) is 6.43. The van der Waals surface area contributed by atoms with Crippen molar-refractivity contribution >= 4 is 17.6 Å². The van der Waals surface area contributed by atoms with Crippen molar-refractivity contribution in [1.29, 1.82) is 0 Å². The van der Waals surface area contributed by atoms with Crippen LogP contribution in [0.3, 0.4) is 0 Å². The molecule has 0 unspecified atom stereocenters. The number of hydrogen-bond acceptors (Lipinski definition) is 3. The minimum Gasteiger partial charge on any atom is -0.334 e. The Bertz CT molecular complexity index is 1110. The highest BCUT2D eigenvalue weighted by Crippen LogP contribution is 2.29. The predicted molar refractivity (Wildman–Crippen MR) is 131 cm³/mol. The number of benzene rings is 2. The summed E-state index contributed by atoms with van der Waals surface area (Å²) in [4.78, 5) is 27.2. The molecule has 1 fully saturated rings. The first-order valence-corrected chi connectivity index (χ1v) is 12.0. The molecule has 1 N–H and O–H groups in total. The fraction of sp³-hybridized carbons (Fsp3) is 0.370. The van der Waals surface area contributed by atoms with Gasteiger partial charge in [0.25, 0.3) is 0 Å². The fourth-order valence-corrected chi connectivity index (χ4v) is 4.52. The lowest BCUT2D eigenvalue weighted by molar-refractivity contribution is -0.134. The van der Waals surface area contributed by atoms with Gasteiger partial charge in [-0.1, -0.05) is 56.0 Å². The molecule has 1 aliphatic rings. The Morgan fingerprint density at radius 1 is 1.09 bits per heavy atom.